The van der Waals surface area contributed by atoms with E-state index in [1.54, 1.807) is 11.0 Å². The number of carbonyl (C=O) groups is 1. The summed E-state index contributed by atoms with van der Waals surface area (Å²) in [7, 11) is 0. The van der Waals surface area contributed by atoms with E-state index < -0.39 is 18.1 Å². The molecule has 3 heterocycles. The number of ether oxygens (including phenoxy) is 1. The Morgan fingerprint density at radius 3 is 2.41 bits per heavy atom. The highest BCUT2D eigenvalue weighted by Gasteiger charge is 2.35. The fourth-order valence-electron chi connectivity index (χ4n) is 4.46. The van der Waals surface area contributed by atoms with Gasteiger partial charge in [-0.25, -0.2) is 9.97 Å². The predicted octanol–water partition coefficient (Wildman–Crippen LogP) is 5.91. The summed E-state index contributed by atoms with van der Waals surface area (Å²) in [5, 5.41) is 3.59. The number of carbonyl (C=O) groups excluding carboxylic acids is 1. The molecular formula is C25H21F6N5O2S. The van der Waals surface area contributed by atoms with Crippen molar-refractivity contribution in [2.45, 2.75) is 25.0 Å². The van der Waals surface area contributed by atoms with Crippen LogP contribution in [0.1, 0.15) is 16.1 Å². The number of hydrogen-bond donors (Lipinski definition) is 1. The number of benzene rings is 1. The van der Waals surface area contributed by atoms with Gasteiger partial charge in [0.1, 0.15) is 22.7 Å². The van der Waals surface area contributed by atoms with Gasteiger partial charge in [-0.1, -0.05) is 18.2 Å². The number of allylic oxidation sites excluding steroid dienone is 2. The van der Waals surface area contributed by atoms with Gasteiger partial charge < -0.3 is 15.0 Å². The number of fused-ring (bicyclic) bond motifs is 1. The number of rotatable bonds is 5. The van der Waals surface area contributed by atoms with E-state index in [2.05, 4.69) is 20.0 Å². The van der Waals surface area contributed by atoms with Gasteiger partial charge in [0.05, 0.1) is 15.8 Å². The van der Waals surface area contributed by atoms with E-state index in [0.29, 0.717) is 59.2 Å². The number of anilines is 2. The van der Waals surface area contributed by atoms with Crippen LogP contribution in [0.5, 0.6) is 5.75 Å². The van der Waals surface area contributed by atoms with Crippen LogP contribution < -0.4 is 10.1 Å². The fourth-order valence-corrected chi connectivity index (χ4v) is 5.43. The van der Waals surface area contributed by atoms with E-state index in [9.17, 15) is 31.1 Å². The van der Waals surface area contributed by atoms with E-state index in [1.165, 1.54) is 54.1 Å². The lowest BCUT2D eigenvalue weighted by molar-refractivity contribution is -0.274. The molecule has 1 unspecified atom stereocenters. The summed E-state index contributed by atoms with van der Waals surface area (Å²) in [5.41, 5.74) is -0.196. The zero-order valence-electron chi connectivity index (χ0n) is 20.1. The molecule has 1 fully saturated rings. The summed E-state index contributed by atoms with van der Waals surface area (Å²) in [6.45, 7) is 1.62. The lowest BCUT2D eigenvalue weighted by atomic mass is 10.0. The SMILES string of the molecule is O=C(c1cc2c(Nc3ccc(OC(F)(F)F)cc3)ncnc2s1)N1CCN(C2C=C(C(F)(F)F)C=CC2)CC1. The van der Waals surface area contributed by atoms with Gasteiger partial charge in [-0.05, 0) is 36.8 Å². The summed E-state index contributed by atoms with van der Waals surface area (Å²) in [6, 6.07) is 6.43. The van der Waals surface area contributed by atoms with E-state index in [-0.39, 0.29) is 17.7 Å². The number of piperazine rings is 1. The third kappa shape index (κ3) is 6.33. The first-order valence-corrected chi connectivity index (χ1v) is 12.6. The van der Waals surface area contributed by atoms with Crippen molar-refractivity contribution in [2.24, 2.45) is 0 Å². The van der Waals surface area contributed by atoms with Crippen LogP contribution in [-0.2, 0) is 0 Å². The van der Waals surface area contributed by atoms with Gasteiger partial charge in [0.15, 0.2) is 0 Å². The average Bonchev–Trinajstić information content (AvgIpc) is 3.34. The first-order chi connectivity index (χ1) is 18.5. The number of halogens is 6. The number of hydrogen-bond acceptors (Lipinski definition) is 7. The topological polar surface area (TPSA) is 70.6 Å². The summed E-state index contributed by atoms with van der Waals surface area (Å²) >= 11 is 1.18. The number of nitrogens with zero attached hydrogens (tertiary/aromatic N) is 4. The highest BCUT2D eigenvalue weighted by molar-refractivity contribution is 7.20. The van der Waals surface area contributed by atoms with Crippen molar-refractivity contribution in [3.63, 3.8) is 0 Å². The number of amides is 1. The van der Waals surface area contributed by atoms with Gasteiger partial charge in [0.25, 0.3) is 5.91 Å². The Labute approximate surface area is 222 Å². The van der Waals surface area contributed by atoms with Crippen LogP contribution in [-0.4, -0.2) is 70.4 Å². The third-order valence-corrected chi connectivity index (χ3v) is 7.37. The van der Waals surface area contributed by atoms with Crippen LogP contribution in [0, 0.1) is 0 Å². The van der Waals surface area contributed by atoms with Crippen LogP contribution in [0.15, 0.2) is 60.5 Å². The highest BCUT2D eigenvalue weighted by atomic mass is 32.1. The zero-order valence-corrected chi connectivity index (χ0v) is 20.9. The second kappa shape index (κ2) is 10.5. The summed E-state index contributed by atoms with van der Waals surface area (Å²) in [6.07, 6.45) is -3.52. The molecule has 1 amide bonds. The van der Waals surface area contributed by atoms with Gasteiger partial charge in [-0.15, -0.1) is 24.5 Å². The molecule has 2 aliphatic rings. The molecule has 1 aliphatic heterocycles. The van der Waals surface area contributed by atoms with Gasteiger partial charge in [-0.2, -0.15) is 13.2 Å². The minimum absolute atomic E-state index is 0.215. The maximum atomic E-state index is 13.2. The molecule has 39 heavy (non-hydrogen) atoms. The van der Waals surface area contributed by atoms with Gasteiger partial charge in [0, 0.05) is 37.9 Å². The van der Waals surface area contributed by atoms with Crippen LogP contribution in [0.25, 0.3) is 10.2 Å². The Kier molecular flexibility index (Phi) is 7.25. The van der Waals surface area contributed by atoms with E-state index in [4.69, 9.17) is 0 Å². The molecule has 14 heteroatoms. The molecule has 5 rings (SSSR count). The molecule has 1 saturated heterocycles. The molecule has 7 nitrogen and oxygen atoms in total. The Hall–Kier alpha value is -3.65. The third-order valence-electron chi connectivity index (χ3n) is 6.34. The summed E-state index contributed by atoms with van der Waals surface area (Å²) in [5.74, 6) is -0.198. The fraction of sp³-hybridized carbons (Fsp3) is 0.320. The minimum atomic E-state index is -4.79. The summed E-state index contributed by atoms with van der Waals surface area (Å²) in [4.78, 5) is 26.2. The van der Waals surface area contributed by atoms with E-state index in [0.717, 1.165) is 6.08 Å². The molecule has 0 saturated carbocycles. The predicted molar refractivity (Wildman–Crippen MR) is 133 cm³/mol. The highest BCUT2D eigenvalue weighted by Crippen LogP contribution is 2.33. The molecule has 1 atom stereocenters. The molecule has 0 spiro atoms. The maximum Gasteiger partial charge on any atom is 0.573 e. The average molecular weight is 570 g/mol. The number of thiophene rings is 1. The second-order valence-corrected chi connectivity index (χ2v) is 9.93. The van der Waals surface area contributed by atoms with Crippen molar-refractivity contribution in [3.05, 3.63) is 65.3 Å². The first kappa shape index (κ1) is 26.9. The first-order valence-electron chi connectivity index (χ1n) is 11.8. The van der Waals surface area contributed by atoms with Gasteiger partial charge in [-0.3, -0.25) is 9.69 Å². The van der Waals surface area contributed by atoms with Crippen molar-refractivity contribution in [2.75, 3.05) is 31.5 Å². The molecule has 1 N–H and O–H groups in total. The molecule has 3 aromatic rings. The quantitative estimate of drug-likeness (QED) is 0.386. The maximum absolute atomic E-state index is 13.2. The van der Waals surface area contributed by atoms with Gasteiger partial charge in [0.2, 0.25) is 0 Å². The number of nitrogens with one attached hydrogen (secondary N) is 1. The van der Waals surface area contributed by atoms with Crippen molar-refractivity contribution >= 4 is 39.0 Å². The molecule has 0 bridgehead atoms. The Morgan fingerprint density at radius 2 is 1.74 bits per heavy atom. The lowest BCUT2D eigenvalue weighted by Crippen LogP contribution is -2.51. The number of alkyl halides is 6. The zero-order chi connectivity index (χ0) is 27.8. The van der Waals surface area contributed by atoms with Crippen molar-refractivity contribution in [1.29, 1.82) is 0 Å². The van der Waals surface area contributed by atoms with Crippen molar-refractivity contribution in [3.8, 4) is 5.75 Å². The monoisotopic (exact) mass is 569 g/mol. The lowest BCUT2D eigenvalue weighted by Gasteiger charge is -2.38. The van der Waals surface area contributed by atoms with Crippen LogP contribution >= 0.6 is 11.3 Å². The molecule has 1 aliphatic carbocycles. The minimum Gasteiger partial charge on any atom is -0.406 e. The van der Waals surface area contributed by atoms with Crippen molar-refractivity contribution < 1.29 is 35.9 Å². The van der Waals surface area contributed by atoms with Crippen LogP contribution in [0.2, 0.25) is 0 Å². The largest absolute Gasteiger partial charge is 0.573 e. The smallest absolute Gasteiger partial charge is 0.406 e. The van der Waals surface area contributed by atoms with Crippen LogP contribution in [0.3, 0.4) is 0 Å². The van der Waals surface area contributed by atoms with Crippen molar-refractivity contribution in [1.82, 2.24) is 19.8 Å². The second-order valence-electron chi connectivity index (χ2n) is 8.90. The normalized spacial score (nSPS) is 18.8. The standard InChI is InChI=1S/C25H21F6N5O2S/c26-24(27,28)15-2-1-3-17(12-15)35-8-10-36(11-9-35)23(37)20-13-19-21(32-14-33-22(19)39-20)34-16-4-6-18(7-5-16)38-25(29,30)31/h1-2,4-7,12-14,17H,3,8-11H2,(H,32,33,34). The molecule has 2 aromatic heterocycles. The Bertz CT molecular complexity index is 1410. The Balaban J connectivity index is 1.25. The van der Waals surface area contributed by atoms with E-state index in [1.807, 2.05) is 4.90 Å². The number of aromatic nitrogens is 2. The van der Waals surface area contributed by atoms with Gasteiger partial charge >= 0.3 is 12.5 Å². The summed E-state index contributed by atoms with van der Waals surface area (Å²) < 4.78 is 80.4. The van der Waals surface area contributed by atoms with Crippen LogP contribution in [0.4, 0.5) is 37.8 Å². The van der Waals surface area contributed by atoms with E-state index >= 15 is 0 Å². The Morgan fingerprint density at radius 1 is 1.03 bits per heavy atom. The molecule has 0 radical (unpaired) electrons. The molecule has 206 valence electrons. The molecule has 1 aromatic carbocycles. The molecular weight excluding hydrogens is 548 g/mol.